The van der Waals surface area contributed by atoms with E-state index in [9.17, 15) is 17.6 Å². The van der Waals surface area contributed by atoms with E-state index in [0.717, 1.165) is 11.8 Å². The largest absolute Gasteiger partial charge is 0.341 e. The van der Waals surface area contributed by atoms with Crippen LogP contribution in [0.2, 0.25) is 0 Å². The highest BCUT2D eigenvalue weighted by Gasteiger charge is 2.32. The minimum Gasteiger partial charge on any atom is -0.341 e. The van der Waals surface area contributed by atoms with E-state index in [0.29, 0.717) is 23.0 Å². The number of nitrogens with zero attached hydrogens (tertiary/aromatic N) is 4. The Morgan fingerprint density at radius 3 is 2.81 bits per heavy atom. The first-order valence-electron chi connectivity index (χ1n) is 8.28. The van der Waals surface area contributed by atoms with E-state index in [1.54, 1.807) is 25.2 Å². The molecule has 1 fully saturated rings. The van der Waals surface area contributed by atoms with Gasteiger partial charge in [-0.15, -0.1) is 10.2 Å². The number of hydrogen-bond donors (Lipinski definition) is 1. The maximum atomic E-state index is 13.8. The number of hydrogen-bond acceptors (Lipinski definition) is 7. The molecule has 0 radical (unpaired) electrons. The standard InChI is InChI=1S/C16H20FN5O3S2/c1-21(12-6-7-27(24,25)10-12)15(23)9-26-16-20-19-14(22(16)18)8-11-4-2-3-5-13(11)17/h2-5,12H,6-10,18H2,1H3/t12-/m1/s1. The lowest BCUT2D eigenvalue weighted by Gasteiger charge is -2.23. The molecule has 1 aromatic heterocycles. The molecule has 2 heterocycles. The van der Waals surface area contributed by atoms with Crippen LogP contribution < -0.4 is 5.84 Å². The summed E-state index contributed by atoms with van der Waals surface area (Å²) in [7, 11) is -1.45. The summed E-state index contributed by atoms with van der Waals surface area (Å²) in [5.74, 6) is 5.96. The van der Waals surface area contributed by atoms with Crippen molar-refractivity contribution >= 4 is 27.5 Å². The molecule has 0 spiro atoms. The number of amides is 1. The predicted octanol–water partition coefficient (Wildman–Crippen LogP) is 0.459. The highest BCUT2D eigenvalue weighted by molar-refractivity contribution is 7.99. The molecule has 146 valence electrons. The Labute approximate surface area is 160 Å². The lowest BCUT2D eigenvalue weighted by atomic mass is 10.1. The average Bonchev–Trinajstić information content (AvgIpc) is 3.17. The zero-order valence-electron chi connectivity index (χ0n) is 14.7. The van der Waals surface area contributed by atoms with Gasteiger partial charge < -0.3 is 10.7 Å². The maximum Gasteiger partial charge on any atom is 0.233 e. The Morgan fingerprint density at radius 1 is 1.41 bits per heavy atom. The SMILES string of the molecule is CN(C(=O)CSc1nnc(Cc2ccccc2F)n1N)[C@@H]1CCS(=O)(=O)C1. The Balaban J connectivity index is 1.59. The molecule has 27 heavy (non-hydrogen) atoms. The summed E-state index contributed by atoms with van der Waals surface area (Å²) in [5, 5.41) is 8.26. The minimum atomic E-state index is -3.06. The fraction of sp³-hybridized carbons (Fsp3) is 0.438. The summed E-state index contributed by atoms with van der Waals surface area (Å²) in [4.78, 5) is 13.8. The first-order chi connectivity index (χ1) is 12.8. The number of carbonyl (C=O) groups excluding carboxylic acids is 1. The Morgan fingerprint density at radius 2 is 2.15 bits per heavy atom. The second-order valence-corrected chi connectivity index (χ2v) is 9.56. The third-order valence-electron chi connectivity index (χ3n) is 4.52. The quantitative estimate of drug-likeness (QED) is 0.541. The third-order valence-corrected chi connectivity index (χ3v) is 7.19. The van der Waals surface area contributed by atoms with E-state index in [2.05, 4.69) is 10.2 Å². The van der Waals surface area contributed by atoms with Gasteiger partial charge in [0, 0.05) is 19.5 Å². The number of halogens is 1. The van der Waals surface area contributed by atoms with E-state index < -0.39 is 9.84 Å². The zero-order chi connectivity index (χ0) is 19.6. The molecular weight excluding hydrogens is 393 g/mol. The first kappa shape index (κ1) is 19.6. The Bertz CT molecular complexity index is 947. The summed E-state index contributed by atoms with van der Waals surface area (Å²) in [6, 6.07) is 6.04. The number of nitrogen functional groups attached to an aromatic ring is 1. The van der Waals surface area contributed by atoms with Crippen molar-refractivity contribution in [3.05, 3.63) is 41.5 Å². The summed E-state index contributed by atoms with van der Waals surface area (Å²) in [6.45, 7) is 0. The molecule has 1 aliphatic heterocycles. The topological polar surface area (TPSA) is 111 Å². The van der Waals surface area contributed by atoms with Gasteiger partial charge in [0.2, 0.25) is 11.1 Å². The van der Waals surface area contributed by atoms with Crippen molar-refractivity contribution < 1.29 is 17.6 Å². The maximum absolute atomic E-state index is 13.8. The van der Waals surface area contributed by atoms with Gasteiger partial charge in [-0.1, -0.05) is 30.0 Å². The molecule has 3 rings (SSSR count). The molecule has 0 saturated carbocycles. The van der Waals surface area contributed by atoms with Gasteiger partial charge in [-0.2, -0.15) is 0 Å². The molecule has 2 N–H and O–H groups in total. The van der Waals surface area contributed by atoms with Gasteiger partial charge in [0.15, 0.2) is 15.7 Å². The number of nitrogens with two attached hydrogens (primary N) is 1. The smallest absolute Gasteiger partial charge is 0.233 e. The number of sulfone groups is 1. The summed E-state index contributed by atoms with van der Waals surface area (Å²) >= 11 is 1.11. The van der Waals surface area contributed by atoms with Crippen molar-refractivity contribution in [3.8, 4) is 0 Å². The highest BCUT2D eigenvalue weighted by atomic mass is 32.2. The Hall–Kier alpha value is -2.14. The van der Waals surface area contributed by atoms with Crippen LogP contribution in [0.3, 0.4) is 0 Å². The number of benzene rings is 1. The summed E-state index contributed by atoms with van der Waals surface area (Å²) in [5.41, 5.74) is 0.450. The van der Waals surface area contributed by atoms with Crippen LogP contribution in [0.15, 0.2) is 29.4 Å². The van der Waals surface area contributed by atoms with Gasteiger partial charge in [0.1, 0.15) is 5.82 Å². The second-order valence-electron chi connectivity index (χ2n) is 6.39. The summed E-state index contributed by atoms with van der Waals surface area (Å²) in [6.07, 6.45) is 0.639. The van der Waals surface area contributed by atoms with Gasteiger partial charge in [0.05, 0.1) is 17.3 Å². The molecule has 1 amide bonds. The van der Waals surface area contributed by atoms with Crippen molar-refractivity contribution in [1.29, 1.82) is 0 Å². The molecule has 2 aromatic rings. The molecule has 11 heteroatoms. The fourth-order valence-electron chi connectivity index (χ4n) is 2.85. The van der Waals surface area contributed by atoms with Crippen LogP contribution >= 0.6 is 11.8 Å². The lowest BCUT2D eigenvalue weighted by molar-refractivity contribution is -0.128. The Kier molecular flexibility index (Phi) is 5.70. The molecule has 8 nitrogen and oxygen atoms in total. The van der Waals surface area contributed by atoms with Crippen molar-refractivity contribution in [2.45, 2.75) is 24.0 Å². The van der Waals surface area contributed by atoms with Crippen LogP contribution in [0.4, 0.5) is 4.39 Å². The normalized spacial score (nSPS) is 18.5. The van der Waals surface area contributed by atoms with Crippen LogP contribution in [0.1, 0.15) is 17.8 Å². The van der Waals surface area contributed by atoms with E-state index in [1.165, 1.54) is 15.6 Å². The zero-order valence-corrected chi connectivity index (χ0v) is 16.3. The van der Waals surface area contributed by atoms with Crippen LogP contribution in [0.25, 0.3) is 0 Å². The molecule has 0 aliphatic carbocycles. The van der Waals surface area contributed by atoms with Gasteiger partial charge in [0.25, 0.3) is 0 Å². The summed E-state index contributed by atoms with van der Waals surface area (Å²) < 4.78 is 38.1. The third kappa shape index (κ3) is 4.59. The molecule has 1 saturated heterocycles. The number of rotatable bonds is 6. The molecule has 1 aliphatic rings. The molecule has 1 aromatic carbocycles. The number of thioether (sulfide) groups is 1. The monoisotopic (exact) mass is 413 g/mol. The van der Waals surface area contributed by atoms with Crippen molar-refractivity contribution in [2.24, 2.45) is 0 Å². The van der Waals surface area contributed by atoms with Gasteiger partial charge >= 0.3 is 0 Å². The predicted molar refractivity (Wildman–Crippen MR) is 99.9 cm³/mol. The van der Waals surface area contributed by atoms with Crippen molar-refractivity contribution in [3.63, 3.8) is 0 Å². The van der Waals surface area contributed by atoms with Gasteiger partial charge in [-0.05, 0) is 18.1 Å². The van der Waals surface area contributed by atoms with Gasteiger partial charge in [-0.25, -0.2) is 17.5 Å². The van der Waals surface area contributed by atoms with E-state index >= 15 is 0 Å². The highest BCUT2D eigenvalue weighted by Crippen LogP contribution is 2.20. The van der Waals surface area contributed by atoms with E-state index in [1.807, 2.05) is 0 Å². The fourth-order valence-corrected chi connectivity index (χ4v) is 5.42. The first-order valence-corrected chi connectivity index (χ1v) is 11.1. The molecule has 0 unspecified atom stereocenters. The lowest BCUT2D eigenvalue weighted by Crippen LogP contribution is -2.38. The molecule has 0 bridgehead atoms. The minimum absolute atomic E-state index is 0.000232. The number of carbonyl (C=O) groups is 1. The van der Waals surface area contributed by atoms with Crippen LogP contribution in [-0.2, 0) is 21.1 Å². The van der Waals surface area contributed by atoms with Gasteiger partial charge in [-0.3, -0.25) is 4.79 Å². The van der Waals surface area contributed by atoms with Crippen molar-refractivity contribution in [2.75, 3.05) is 30.1 Å². The van der Waals surface area contributed by atoms with Crippen LogP contribution in [0, 0.1) is 5.82 Å². The van der Waals surface area contributed by atoms with Crippen LogP contribution in [-0.4, -0.2) is 64.4 Å². The van der Waals surface area contributed by atoms with Crippen molar-refractivity contribution in [1.82, 2.24) is 19.8 Å². The van der Waals surface area contributed by atoms with E-state index in [-0.39, 0.29) is 41.4 Å². The number of aromatic nitrogens is 3. The average molecular weight is 414 g/mol. The molecular formula is C16H20FN5O3S2. The second kappa shape index (κ2) is 7.85. The van der Waals surface area contributed by atoms with E-state index in [4.69, 9.17) is 5.84 Å². The molecule has 1 atom stereocenters. The van der Waals surface area contributed by atoms with Crippen LogP contribution in [0.5, 0.6) is 0 Å².